The number of hydrogen-bond acceptors (Lipinski definition) is 6. The van der Waals surface area contributed by atoms with Crippen molar-refractivity contribution in [2.24, 2.45) is 0 Å². The zero-order valence-corrected chi connectivity index (χ0v) is 15.0. The molecule has 2 heterocycles. The lowest BCUT2D eigenvalue weighted by Crippen LogP contribution is -2.27. The van der Waals surface area contributed by atoms with Crippen molar-refractivity contribution in [2.75, 3.05) is 27.4 Å². The van der Waals surface area contributed by atoms with Gasteiger partial charge in [-0.3, -0.25) is 4.98 Å². The molecule has 0 saturated carbocycles. The van der Waals surface area contributed by atoms with Crippen molar-refractivity contribution in [3.63, 3.8) is 0 Å². The minimum atomic E-state index is -1.09. The minimum absolute atomic E-state index is 0.364. The first kappa shape index (κ1) is 17.9. The number of methoxy groups -OCH3 is 2. The highest BCUT2D eigenvalue weighted by molar-refractivity contribution is 6.31. The maximum Gasteiger partial charge on any atom is 0.209 e. The Labute approximate surface area is 151 Å². The third kappa shape index (κ3) is 3.30. The molecule has 1 aliphatic rings. The Balaban J connectivity index is 2.13. The van der Waals surface area contributed by atoms with E-state index in [4.69, 9.17) is 30.5 Å². The van der Waals surface area contributed by atoms with Crippen LogP contribution in [0.2, 0.25) is 5.02 Å². The van der Waals surface area contributed by atoms with Gasteiger partial charge in [0.05, 0.1) is 32.5 Å². The quantitative estimate of drug-likeness (QED) is 0.878. The van der Waals surface area contributed by atoms with Gasteiger partial charge >= 0.3 is 0 Å². The fraction of sp³-hybridized carbons (Fsp3) is 0.389. The highest BCUT2D eigenvalue weighted by Gasteiger charge is 2.39. The van der Waals surface area contributed by atoms with Gasteiger partial charge in [-0.05, 0) is 31.2 Å². The van der Waals surface area contributed by atoms with Crippen LogP contribution in [0.5, 0.6) is 11.5 Å². The van der Waals surface area contributed by atoms with Crippen molar-refractivity contribution in [3.05, 3.63) is 52.3 Å². The molecule has 0 amide bonds. The van der Waals surface area contributed by atoms with Gasteiger partial charge in [0, 0.05) is 17.3 Å². The fourth-order valence-electron chi connectivity index (χ4n) is 2.93. The molecule has 0 radical (unpaired) electrons. The molecule has 1 aliphatic heterocycles. The number of aliphatic hydroxyl groups excluding tert-OH is 1. The van der Waals surface area contributed by atoms with Crippen LogP contribution in [0.15, 0.2) is 30.5 Å². The molecular formula is C18H20ClNO5. The maximum atomic E-state index is 11.1. The average Bonchev–Trinajstić information content (AvgIpc) is 3.08. The SMILES string of the molecule is COc1ccc(OC)c(C(O)c2c(Cl)ccnc2C2(C)OCCO2)c1. The van der Waals surface area contributed by atoms with E-state index < -0.39 is 11.9 Å². The molecule has 2 aromatic rings. The van der Waals surface area contributed by atoms with Gasteiger partial charge in [0.15, 0.2) is 0 Å². The van der Waals surface area contributed by atoms with E-state index in [2.05, 4.69) is 4.98 Å². The molecule has 0 aliphatic carbocycles. The van der Waals surface area contributed by atoms with Crippen LogP contribution in [0.4, 0.5) is 0 Å². The number of ether oxygens (including phenoxy) is 4. The second kappa shape index (κ2) is 7.17. The van der Waals surface area contributed by atoms with Crippen molar-refractivity contribution in [1.29, 1.82) is 0 Å². The molecule has 1 unspecified atom stereocenters. The summed E-state index contributed by atoms with van der Waals surface area (Å²) in [5, 5.41) is 11.5. The molecule has 1 aromatic carbocycles. The van der Waals surface area contributed by atoms with Crippen LogP contribution in [-0.4, -0.2) is 37.5 Å². The van der Waals surface area contributed by atoms with Crippen molar-refractivity contribution in [3.8, 4) is 11.5 Å². The van der Waals surface area contributed by atoms with E-state index in [9.17, 15) is 5.11 Å². The van der Waals surface area contributed by atoms with Gasteiger partial charge in [-0.15, -0.1) is 0 Å². The highest BCUT2D eigenvalue weighted by Crippen LogP contribution is 2.41. The predicted molar refractivity (Wildman–Crippen MR) is 92.1 cm³/mol. The summed E-state index contributed by atoms with van der Waals surface area (Å²) in [5.41, 5.74) is 1.37. The fourth-order valence-corrected chi connectivity index (χ4v) is 3.18. The monoisotopic (exact) mass is 365 g/mol. The summed E-state index contributed by atoms with van der Waals surface area (Å²) in [6.45, 7) is 2.66. The molecule has 1 fully saturated rings. The van der Waals surface area contributed by atoms with Gasteiger partial charge in [-0.2, -0.15) is 0 Å². The minimum Gasteiger partial charge on any atom is -0.497 e. The third-order valence-electron chi connectivity index (χ3n) is 4.21. The van der Waals surface area contributed by atoms with Crippen molar-refractivity contribution in [2.45, 2.75) is 18.8 Å². The molecule has 25 heavy (non-hydrogen) atoms. The summed E-state index contributed by atoms with van der Waals surface area (Å²) in [5.74, 6) is 0.0430. The lowest BCUT2D eigenvalue weighted by molar-refractivity contribution is -0.154. The van der Waals surface area contributed by atoms with Crippen LogP contribution in [0.1, 0.15) is 29.8 Å². The maximum absolute atomic E-state index is 11.1. The van der Waals surface area contributed by atoms with Gasteiger partial charge < -0.3 is 24.1 Å². The Morgan fingerprint density at radius 1 is 1.20 bits per heavy atom. The number of hydrogen-bond donors (Lipinski definition) is 1. The van der Waals surface area contributed by atoms with Crippen LogP contribution >= 0.6 is 11.6 Å². The Kier molecular flexibility index (Phi) is 5.15. The molecule has 6 nitrogen and oxygen atoms in total. The number of aromatic nitrogens is 1. The second-order valence-corrected chi connectivity index (χ2v) is 6.12. The molecule has 1 saturated heterocycles. The molecule has 3 rings (SSSR count). The number of aliphatic hydroxyl groups is 1. The first-order valence-corrected chi connectivity index (χ1v) is 8.20. The number of rotatable bonds is 5. The molecule has 1 N–H and O–H groups in total. The summed E-state index contributed by atoms with van der Waals surface area (Å²) in [6, 6.07) is 6.81. The predicted octanol–water partition coefficient (Wildman–Crippen LogP) is 3.05. The molecule has 0 bridgehead atoms. The number of pyridine rings is 1. The Hall–Kier alpha value is -1.86. The number of nitrogens with zero attached hydrogens (tertiary/aromatic N) is 1. The van der Waals surface area contributed by atoms with E-state index >= 15 is 0 Å². The van der Waals surface area contributed by atoms with Crippen molar-refractivity contribution < 1.29 is 24.1 Å². The van der Waals surface area contributed by atoms with Crippen LogP contribution in [0.25, 0.3) is 0 Å². The lowest BCUT2D eigenvalue weighted by atomic mass is 9.96. The molecular weight excluding hydrogens is 346 g/mol. The molecule has 1 atom stereocenters. The van der Waals surface area contributed by atoms with Crippen LogP contribution < -0.4 is 9.47 Å². The van der Waals surface area contributed by atoms with Gasteiger partial charge in [0.2, 0.25) is 5.79 Å². The Bertz CT molecular complexity index is 761. The van der Waals surface area contributed by atoms with Crippen LogP contribution in [0.3, 0.4) is 0 Å². The largest absolute Gasteiger partial charge is 0.497 e. The number of halogens is 1. The van der Waals surface area contributed by atoms with Crippen molar-refractivity contribution in [1.82, 2.24) is 4.98 Å². The summed E-state index contributed by atoms with van der Waals surface area (Å²) in [7, 11) is 3.09. The summed E-state index contributed by atoms with van der Waals surface area (Å²) in [4.78, 5) is 4.37. The summed E-state index contributed by atoms with van der Waals surface area (Å²) < 4.78 is 22.0. The van der Waals surface area contributed by atoms with Crippen LogP contribution in [-0.2, 0) is 15.3 Å². The first-order chi connectivity index (χ1) is 12.0. The van der Waals surface area contributed by atoms with Crippen LogP contribution in [0, 0.1) is 0 Å². The third-order valence-corrected chi connectivity index (χ3v) is 4.54. The summed E-state index contributed by atoms with van der Waals surface area (Å²) in [6.07, 6.45) is 0.471. The normalized spacial score (nSPS) is 17.3. The molecule has 7 heteroatoms. The van der Waals surface area contributed by atoms with Crippen molar-refractivity contribution >= 4 is 11.6 Å². The van der Waals surface area contributed by atoms with E-state index in [0.717, 1.165) is 0 Å². The molecule has 0 spiro atoms. The van der Waals surface area contributed by atoms with Gasteiger partial charge in [-0.25, -0.2) is 0 Å². The standard InChI is InChI=1S/C18H20ClNO5/c1-18(24-8-9-25-18)17-15(13(19)6-7-20-17)16(21)12-10-11(22-2)4-5-14(12)23-3/h4-7,10,16,21H,8-9H2,1-3H3. The Morgan fingerprint density at radius 2 is 1.92 bits per heavy atom. The van der Waals surface area contributed by atoms with Gasteiger partial charge in [0.1, 0.15) is 23.3 Å². The van der Waals surface area contributed by atoms with Gasteiger partial charge in [0.25, 0.3) is 0 Å². The zero-order valence-electron chi connectivity index (χ0n) is 14.3. The van der Waals surface area contributed by atoms with E-state index in [-0.39, 0.29) is 0 Å². The molecule has 134 valence electrons. The Morgan fingerprint density at radius 3 is 2.56 bits per heavy atom. The average molecular weight is 366 g/mol. The lowest BCUT2D eigenvalue weighted by Gasteiger charge is -2.27. The highest BCUT2D eigenvalue weighted by atomic mass is 35.5. The van der Waals surface area contributed by atoms with E-state index in [1.807, 2.05) is 0 Å². The second-order valence-electron chi connectivity index (χ2n) is 5.71. The number of benzene rings is 1. The molecule has 1 aromatic heterocycles. The first-order valence-electron chi connectivity index (χ1n) is 7.83. The zero-order chi connectivity index (χ0) is 18.0. The van der Waals surface area contributed by atoms with E-state index in [0.29, 0.717) is 46.6 Å². The van der Waals surface area contributed by atoms with E-state index in [1.165, 1.54) is 7.11 Å². The van der Waals surface area contributed by atoms with Gasteiger partial charge in [-0.1, -0.05) is 11.6 Å². The topological polar surface area (TPSA) is 70.0 Å². The smallest absolute Gasteiger partial charge is 0.209 e. The van der Waals surface area contributed by atoms with E-state index in [1.54, 1.807) is 44.5 Å². The summed E-state index contributed by atoms with van der Waals surface area (Å²) >= 11 is 6.40.